The van der Waals surface area contributed by atoms with E-state index in [-0.39, 0.29) is 5.75 Å². The number of methoxy groups -OCH3 is 1. The van der Waals surface area contributed by atoms with Crippen LogP contribution < -0.4 is 9.64 Å². The summed E-state index contributed by atoms with van der Waals surface area (Å²) >= 11 is 6.19. The Morgan fingerprint density at radius 3 is 2.64 bits per heavy atom. The van der Waals surface area contributed by atoms with Gasteiger partial charge >= 0.3 is 6.09 Å². The largest absolute Gasteiger partial charge is 0.507 e. The first-order chi connectivity index (χ1) is 13.5. The van der Waals surface area contributed by atoms with Crippen LogP contribution in [0, 0.1) is 0 Å². The molecule has 0 spiro atoms. The molecule has 4 rings (SSSR count). The zero-order chi connectivity index (χ0) is 19.8. The molecule has 8 nitrogen and oxygen atoms in total. The molecule has 3 heterocycles. The number of benzene rings is 1. The van der Waals surface area contributed by atoms with Crippen LogP contribution in [0.2, 0.25) is 5.02 Å². The van der Waals surface area contributed by atoms with Crippen molar-refractivity contribution in [1.29, 1.82) is 0 Å². The molecule has 1 aliphatic rings. The SMILES string of the molecule is COc1cc(O)c(-c2cn3ccc(N4CCN(C(=O)O)CC4)cc3n2)cc1Cl. The summed E-state index contributed by atoms with van der Waals surface area (Å²) < 4.78 is 6.98. The number of amides is 1. The topological polar surface area (TPSA) is 90.5 Å². The summed E-state index contributed by atoms with van der Waals surface area (Å²) in [6.07, 6.45) is 2.83. The molecule has 28 heavy (non-hydrogen) atoms. The number of pyridine rings is 1. The number of carbonyl (C=O) groups is 1. The minimum absolute atomic E-state index is 0.0367. The smallest absolute Gasteiger partial charge is 0.407 e. The van der Waals surface area contributed by atoms with Crippen LogP contribution in [0.3, 0.4) is 0 Å². The maximum atomic E-state index is 11.1. The zero-order valence-electron chi connectivity index (χ0n) is 15.2. The third-order valence-electron chi connectivity index (χ3n) is 4.91. The summed E-state index contributed by atoms with van der Waals surface area (Å²) in [6, 6.07) is 7.01. The van der Waals surface area contributed by atoms with Crippen LogP contribution in [0.4, 0.5) is 10.5 Å². The van der Waals surface area contributed by atoms with Gasteiger partial charge in [-0.05, 0) is 12.1 Å². The van der Waals surface area contributed by atoms with Crippen LogP contribution in [-0.4, -0.2) is 63.9 Å². The molecule has 0 atom stereocenters. The van der Waals surface area contributed by atoms with Gasteiger partial charge in [-0.1, -0.05) is 11.6 Å². The highest BCUT2D eigenvalue weighted by molar-refractivity contribution is 6.32. The maximum Gasteiger partial charge on any atom is 0.407 e. The lowest BCUT2D eigenvalue weighted by Gasteiger charge is -2.34. The number of hydrogen-bond donors (Lipinski definition) is 2. The average molecular weight is 403 g/mol. The summed E-state index contributed by atoms with van der Waals surface area (Å²) in [5.74, 6) is 0.434. The fourth-order valence-corrected chi connectivity index (χ4v) is 3.60. The fraction of sp³-hybridized carbons (Fsp3) is 0.263. The molecule has 0 bridgehead atoms. The number of rotatable bonds is 3. The van der Waals surface area contributed by atoms with Crippen molar-refractivity contribution in [2.75, 3.05) is 38.2 Å². The Labute approximate surface area is 166 Å². The molecule has 9 heteroatoms. The zero-order valence-corrected chi connectivity index (χ0v) is 15.9. The van der Waals surface area contributed by atoms with Crippen LogP contribution >= 0.6 is 11.6 Å². The van der Waals surface area contributed by atoms with Crippen molar-refractivity contribution < 1.29 is 19.7 Å². The number of imidazole rings is 1. The second-order valence-corrected chi connectivity index (χ2v) is 6.94. The first-order valence-corrected chi connectivity index (χ1v) is 9.12. The van der Waals surface area contributed by atoms with Gasteiger partial charge in [0.1, 0.15) is 17.1 Å². The van der Waals surface area contributed by atoms with E-state index in [1.807, 2.05) is 28.9 Å². The molecule has 0 aliphatic carbocycles. The first-order valence-electron chi connectivity index (χ1n) is 8.74. The maximum absolute atomic E-state index is 11.1. The van der Waals surface area contributed by atoms with Gasteiger partial charge in [0, 0.05) is 62.0 Å². The van der Waals surface area contributed by atoms with Crippen molar-refractivity contribution in [3.05, 3.63) is 41.7 Å². The van der Waals surface area contributed by atoms with Gasteiger partial charge in [0.15, 0.2) is 0 Å². The van der Waals surface area contributed by atoms with E-state index >= 15 is 0 Å². The molecule has 2 aromatic heterocycles. The third kappa shape index (κ3) is 3.27. The number of hydrogen-bond acceptors (Lipinski definition) is 5. The predicted molar refractivity (Wildman–Crippen MR) is 106 cm³/mol. The van der Waals surface area contributed by atoms with Gasteiger partial charge < -0.3 is 29.2 Å². The molecule has 0 radical (unpaired) electrons. The summed E-state index contributed by atoms with van der Waals surface area (Å²) in [5.41, 5.74) is 2.81. The summed E-state index contributed by atoms with van der Waals surface area (Å²) in [5, 5.41) is 19.8. The summed E-state index contributed by atoms with van der Waals surface area (Å²) in [7, 11) is 1.49. The van der Waals surface area contributed by atoms with E-state index in [9.17, 15) is 9.90 Å². The summed E-state index contributed by atoms with van der Waals surface area (Å²) in [4.78, 5) is 19.2. The summed E-state index contributed by atoms with van der Waals surface area (Å²) in [6.45, 7) is 2.20. The van der Waals surface area contributed by atoms with E-state index in [1.54, 1.807) is 6.07 Å². The normalized spacial score (nSPS) is 14.5. The molecular formula is C19H19ClN4O4. The Balaban J connectivity index is 1.63. The van der Waals surface area contributed by atoms with Crippen molar-refractivity contribution in [3.8, 4) is 22.8 Å². The molecule has 1 amide bonds. The number of phenols is 1. The van der Waals surface area contributed by atoms with Crippen molar-refractivity contribution in [3.63, 3.8) is 0 Å². The van der Waals surface area contributed by atoms with E-state index in [0.29, 0.717) is 48.2 Å². The number of aromatic hydroxyl groups is 1. The minimum atomic E-state index is -0.883. The van der Waals surface area contributed by atoms with Gasteiger partial charge in [-0.15, -0.1) is 0 Å². The fourth-order valence-electron chi connectivity index (χ4n) is 3.36. The Hall–Kier alpha value is -3.13. The van der Waals surface area contributed by atoms with Gasteiger partial charge in [0.25, 0.3) is 0 Å². The van der Waals surface area contributed by atoms with Gasteiger partial charge in [0.2, 0.25) is 0 Å². The second-order valence-electron chi connectivity index (χ2n) is 6.54. The Morgan fingerprint density at radius 2 is 1.96 bits per heavy atom. The molecule has 2 N–H and O–H groups in total. The number of ether oxygens (including phenoxy) is 1. The second kappa shape index (κ2) is 7.12. The molecule has 146 valence electrons. The number of phenolic OH excluding ortho intramolecular Hbond substituents is 1. The van der Waals surface area contributed by atoms with Gasteiger partial charge in [-0.3, -0.25) is 0 Å². The predicted octanol–water partition coefficient (Wildman–Crippen LogP) is 3.17. The molecule has 1 aliphatic heterocycles. The number of carboxylic acid groups (broad SMARTS) is 1. The molecule has 1 aromatic carbocycles. The lowest BCUT2D eigenvalue weighted by atomic mass is 10.1. The van der Waals surface area contributed by atoms with Gasteiger partial charge in [0.05, 0.1) is 17.8 Å². The van der Waals surface area contributed by atoms with E-state index in [4.69, 9.17) is 21.4 Å². The molecular weight excluding hydrogens is 384 g/mol. The van der Waals surface area contributed by atoms with E-state index < -0.39 is 6.09 Å². The van der Waals surface area contributed by atoms with E-state index in [2.05, 4.69) is 9.88 Å². The number of anilines is 1. The quantitative estimate of drug-likeness (QED) is 0.699. The lowest BCUT2D eigenvalue weighted by Crippen LogP contribution is -2.48. The van der Waals surface area contributed by atoms with Crippen molar-refractivity contribution in [1.82, 2.24) is 14.3 Å². The van der Waals surface area contributed by atoms with E-state index in [1.165, 1.54) is 18.1 Å². The third-order valence-corrected chi connectivity index (χ3v) is 5.20. The molecule has 0 unspecified atom stereocenters. The number of halogens is 1. The van der Waals surface area contributed by atoms with Crippen LogP contribution in [0.5, 0.6) is 11.5 Å². The molecule has 1 fully saturated rings. The number of fused-ring (bicyclic) bond motifs is 1. The highest BCUT2D eigenvalue weighted by atomic mass is 35.5. The number of aromatic nitrogens is 2. The Kier molecular flexibility index (Phi) is 4.64. The lowest BCUT2D eigenvalue weighted by molar-refractivity contribution is 0.142. The first kappa shape index (κ1) is 18.2. The highest BCUT2D eigenvalue weighted by Gasteiger charge is 2.21. The molecule has 1 saturated heterocycles. The Morgan fingerprint density at radius 1 is 1.21 bits per heavy atom. The highest BCUT2D eigenvalue weighted by Crippen LogP contribution is 2.37. The van der Waals surface area contributed by atoms with Crippen LogP contribution in [0.1, 0.15) is 0 Å². The number of nitrogens with zero attached hydrogens (tertiary/aromatic N) is 4. The average Bonchev–Trinajstić information content (AvgIpc) is 3.12. The molecule has 3 aromatic rings. The van der Waals surface area contributed by atoms with Crippen molar-refractivity contribution >= 4 is 29.0 Å². The van der Waals surface area contributed by atoms with Crippen LogP contribution in [0.25, 0.3) is 16.9 Å². The standard InChI is InChI=1S/C19H19ClN4O4/c1-28-17-10-16(25)13(9-14(17)20)15-11-24-3-2-12(8-18(24)21-15)22-4-6-23(7-5-22)19(26)27/h2-3,8-11,25H,4-7H2,1H3,(H,26,27). The van der Waals surface area contributed by atoms with Crippen LogP contribution in [-0.2, 0) is 0 Å². The number of piperazine rings is 1. The van der Waals surface area contributed by atoms with Crippen molar-refractivity contribution in [2.45, 2.75) is 0 Å². The minimum Gasteiger partial charge on any atom is -0.507 e. The van der Waals surface area contributed by atoms with Gasteiger partial charge in [-0.25, -0.2) is 9.78 Å². The van der Waals surface area contributed by atoms with Crippen LogP contribution in [0.15, 0.2) is 36.7 Å². The van der Waals surface area contributed by atoms with E-state index in [0.717, 1.165) is 11.3 Å². The monoisotopic (exact) mass is 402 g/mol. The van der Waals surface area contributed by atoms with Gasteiger partial charge in [-0.2, -0.15) is 0 Å². The Bertz CT molecular complexity index is 1040. The molecule has 0 saturated carbocycles. The van der Waals surface area contributed by atoms with Crippen molar-refractivity contribution in [2.24, 2.45) is 0 Å².